The third kappa shape index (κ3) is 5.60. The van der Waals surface area contributed by atoms with E-state index in [0.717, 1.165) is 47.5 Å². The number of para-hydroxylation sites is 1. The molecule has 0 unspecified atom stereocenters. The van der Waals surface area contributed by atoms with Crippen molar-refractivity contribution in [2.24, 2.45) is 0 Å². The Morgan fingerprint density at radius 3 is 2.85 bits per heavy atom. The summed E-state index contributed by atoms with van der Waals surface area (Å²) in [5, 5.41) is 10.6. The number of carbonyl (C=O) groups excluding carboxylic acids is 1. The fourth-order valence-corrected chi connectivity index (χ4v) is 6.35. The van der Waals surface area contributed by atoms with Crippen molar-refractivity contribution in [3.05, 3.63) is 66.0 Å². The quantitative estimate of drug-likeness (QED) is 0.390. The van der Waals surface area contributed by atoms with E-state index in [4.69, 9.17) is 14.7 Å². The molecule has 10 nitrogen and oxygen atoms in total. The molecule has 41 heavy (non-hydrogen) atoms. The van der Waals surface area contributed by atoms with Crippen LogP contribution in [-0.4, -0.2) is 87.5 Å². The maximum atomic E-state index is 12.5. The standard InChI is InChI=1S/C31H36N8O2/c1-3-28(40)39-16-15-38(18-24(39)11-12-32)30-26-19-37(17-23-8-4-7-22-9-5-13-33-29(22)23)20-27(26)34-31(35-30)41-21-25-10-6-14-36(25)2/h3-5,7-9,13,24-25H,1,6,10-11,14-21H2,2H3/t24-,25-/m0/s1. The van der Waals surface area contributed by atoms with Crippen molar-refractivity contribution in [3.8, 4) is 12.1 Å². The summed E-state index contributed by atoms with van der Waals surface area (Å²) in [6, 6.07) is 13.1. The zero-order valence-corrected chi connectivity index (χ0v) is 23.6. The number of fused-ring (bicyclic) bond motifs is 2. The van der Waals surface area contributed by atoms with Gasteiger partial charge in [0.15, 0.2) is 0 Å². The van der Waals surface area contributed by atoms with Gasteiger partial charge in [0.1, 0.15) is 12.4 Å². The number of rotatable bonds is 8. The molecule has 1 aromatic carbocycles. The first-order chi connectivity index (χ1) is 20.0. The van der Waals surface area contributed by atoms with Gasteiger partial charge in [-0.15, -0.1) is 0 Å². The first-order valence-electron chi connectivity index (χ1n) is 14.4. The van der Waals surface area contributed by atoms with Crippen LogP contribution in [0.2, 0.25) is 0 Å². The van der Waals surface area contributed by atoms with Crippen molar-refractivity contribution in [1.82, 2.24) is 29.7 Å². The Morgan fingerprint density at radius 2 is 2.05 bits per heavy atom. The number of hydrogen-bond acceptors (Lipinski definition) is 9. The highest BCUT2D eigenvalue weighted by atomic mass is 16.5. The van der Waals surface area contributed by atoms with Crippen LogP contribution >= 0.6 is 0 Å². The van der Waals surface area contributed by atoms with E-state index in [1.54, 1.807) is 4.90 Å². The lowest BCUT2D eigenvalue weighted by atomic mass is 10.1. The summed E-state index contributed by atoms with van der Waals surface area (Å²) in [7, 11) is 2.13. The molecule has 0 aliphatic carbocycles. The topological polar surface area (TPSA) is 102 Å². The molecule has 2 aromatic heterocycles. The normalized spacial score (nSPS) is 21.2. The molecule has 3 aliphatic rings. The first kappa shape index (κ1) is 27.1. The van der Waals surface area contributed by atoms with Crippen LogP contribution in [0.4, 0.5) is 5.82 Å². The molecular formula is C31H36N8O2. The van der Waals surface area contributed by atoms with Crippen molar-refractivity contribution in [2.75, 3.05) is 44.7 Å². The molecule has 6 rings (SSSR count). The summed E-state index contributed by atoms with van der Waals surface area (Å²) in [4.78, 5) is 35.7. The molecule has 0 radical (unpaired) electrons. The molecule has 0 spiro atoms. The fourth-order valence-electron chi connectivity index (χ4n) is 6.35. The van der Waals surface area contributed by atoms with Gasteiger partial charge in [0.2, 0.25) is 5.91 Å². The van der Waals surface area contributed by atoms with Gasteiger partial charge in [-0.3, -0.25) is 14.7 Å². The molecule has 212 valence electrons. The summed E-state index contributed by atoms with van der Waals surface area (Å²) in [5.41, 5.74) is 4.25. The third-order valence-electron chi connectivity index (χ3n) is 8.56. The minimum atomic E-state index is -0.236. The van der Waals surface area contributed by atoms with E-state index in [9.17, 15) is 10.1 Å². The van der Waals surface area contributed by atoms with E-state index in [-0.39, 0.29) is 18.4 Å². The summed E-state index contributed by atoms with van der Waals surface area (Å²) < 4.78 is 6.23. The second-order valence-corrected chi connectivity index (χ2v) is 11.2. The second kappa shape index (κ2) is 11.8. The van der Waals surface area contributed by atoms with Crippen LogP contribution in [0.5, 0.6) is 6.01 Å². The Kier molecular flexibility index (Phi) is 7.81. The van der Waals surface area contributed by atoms with Crippen molar-refractivity contribution in [3.63, 3.8) is 0 Å². The van der Waals surface area contributed by atoms with E-state index in [2.05, 4.69) is 63.6 Å². The zero-order chi connectivity index (χ0) is 28.3. The lowest BCUT2D eigenvalue weighted by molar-refractivity contribution is -0.128. The predicted octanol–water partition coefficient (Wildman–Crippen LogP) is 3.13. The van der Waals surface area contributed by atoms with Crippen molar-refractivity contribution in [2.45, 2.75) is 51.0 Å². The lowest BCUT2D eigenvalue weighted by Gasteiger charge is -2.41. The number of pyridine rings is 1. The Labute approximate surface area is 240 Å². The van der Waals surface area contributed by atoms with Crippen molar-refractivity contribution >= 4 is 22.6 Å². The third-order valence-corrected chi connectivity index (χ3v) is 8.56. The van der Waals surface area contributed by atoms with Crippen LogP contribution < -0.4 is 9.64 Å². The van der Waals surface area contributed by atoms with Crippen LogP contribution in [-0.2, 0) is 24.4 Å². The molecule has 0 N–H and O–H groups in total. The van der Waals surface area contributed by atoms with E-state index in [1.807, 2.05) is 12.3 Å². The number of likely N-dealkylation sites (N-methyl/N-ethyl adjacent to an activating group) is 1. The van der Waals surface area contributed by atoms with E-state index < -0.39 is 0 Å². The Bertz CT molecular complexity index is 1480. The number of likely N-dealkylation sites (tertiary alicyclic amines) is 1. The Morgan fingerprint density at radius 1 is 1.17 bits per heavy atom. The van der Waals surface area contributed by atoms with E-state index in [1.165, 1.54) is 18.1 Å². The number of nitrogens with zero attached hydrogens (tertiary/aromatic N) is 8. The second-order valence-electron chi connectivity index (χ2n) is 11.2. The number of anilines is 1. The molecular weight excluding hydrogens is 516 g/mol. The van der Waals surface area contributed by atoms with Crippen molar-refractivity contribution in [1.29, 1.82) is 5.26 Å². The number of benzene rings is 1. The van der Waals surface area contributed by atoms with Gasteiger partial charge in [-0.2, -0.15) is 15.2 Å². The highest BCUT2D eigenvalue weighted by molar-refractivity contribution is 5.87. The van der Waals surface area contributed by atoms with Gasteiger partial charge in [-0.1, -0.05) is 30.8 Å². The summed E-state index contributed by atoms with van der Waals surface area (Å²) in [5.74, 6) is 0.703. The van der Waals surface area contributed by atoms with E-state index in [0.29, 0.717) is 51.4 Å². The van der Waals surface area contributed by atoms with Gasteiger partial charge < -0.3 is 19.4 Å². The molecule has 2 atom stereocenters. The van der Waals surface area contributed by atoms with Gasteiger partial charge in [-0.05, 0) is 44.1 Å². The lowest BCUT2D eigenvalue weighted by Crippen LogP contribution is -2.55. The number of nitriles is 1. The maximum Gasteiger partial charge on any atom is 0.318 e. The Balaban J connectivity index is 1.28. The largest absolute Gasteiger partial charge is 0.462 e. The van der Waals surface area contributed by atoms with Gasteiger partial charge in [0.25, 0.3) is 0 Å². The molecule has 3 aliphatic heterocycles. The van der Waals surface area contributed by atoms with Gasteiger partial charge in [-0.25, -0.2) is 0 Å². The monoisotopic (exact) mass is 552 g/mol. The van der Waals surface area contributed by atoms with Crippen LogP contribution in [0.3, 0.4) is 0 Å². The maximum absolute atomic E-state index is 12.5. The molecule has 3 aromatic rings. The number of amides is 1. The molecule has 10 heteroatoms. The van der Waals surface area contributed by atoms with Crippen LogP contribution in [0.1, 0.15) is 36.1 Å². The summed E-state index contributed by atoms with van der Waals surface area (Å²) >= 11 is 0. The molecule has 2 fully saturated rings. The van der Waals surface area contributed by atoms with Crippen LogP contribution in [0.25, 0.3) is 10.9 Å². The smallest absolute Gasteiger partial charge is 0.318 e. The van der Waals surface area contributed by atoms with E-state index >= 15 is 0 Å². The highest BCUT2D eigenvalue weighted by Gasteiger charge is 2.34. The average molecular weight is 553 g/mol. The summed E-state index contributed by atoms with van der Waals surface area (Å²) in [6.45, 7) is 9.05. The van der Waals surface area contributed by atoms with Gasteiger partial charge in [0, 0.05) is 62.5 Å². The average Bonchev–Trinajstić information content (AvgIpc) is 3.60. The minimum Gasteiger partial charge on any atom is -0.462 e. The molecule has 5 heterocycles. The van der Waals surface area contributed by atoms with Crippen LogP contribution in [0, 0.1) is 11.3 Å². The molecule has 1 amide bonds. The zero-order valence-electron chi connectivity index (χ0n) is 23.6. The van der Waals surface area contributed by atoms with Crippen molar-refractivity contribution < 1.29 is 9.53 Å². The number of carbonyl (C=O) groups is 1. The molecule has 2 saturated heterocycles. The first-order valence-corrected chi connectivity index (χ1v) is 14.4. The highest BCUT2D eigenvalue weighted by Crippen LogP contribution is 2.34. The molecule has 0 bridgehead atoms. The van der Waals surface area contributed by atoms with Gasteiger partial charge >= 0.3 is 6.01 Å². The fraction of sp³-hybridized carbons (Fsp3) is 0.452. The number of piperazine rings is 1. The molecule has 0 saturated carbocycles. The van der Waals surface area contributed by atoms with Gasteiger partial charge in [0.05, 0.1) is 29.7 Å². The van der Waals surface area contributed by atoms with Crippen LogP contribution in [0.15, 0.2) is 49.2 Å². The number of ether oxygens (including phenoxy) is 1. The summed E-state index contributed by atoms with van der Waals surface area (Å²) in [6.07, 6.45) is 5.70. The minimum absolute atomic E-state index is 0.141. The predicted molar refractivity (Wildman–Crippen MR) is 156 cm³/mol. The Hall–Kier alpha value is -4.07. The number of aromatic nitrogens is 3. The number of hydrogen-bond donors (Lipinski definition) is 0. The SMILES string of the molecule is C=CC(=O)N1CCN(c2nc(OC[C@@H]3CCCN3C)nc3c2CN(Cc2cccc4cccnc24)C3)C[C@@H]1CC#N.